The predicted octanol–water partition coefficient (Wildman–Crippen LogP) is 2.75. The normalized spacial score (nSPS) is 16.4. The lowest BCUT2D eigenvalue weighted by Crippen LogP contribution is -2.22. The number of aliphatic hydroxyl groups is 1. The molecule has 0 saturated heterocycles. The zero-order chi connectivity index (χ0) is 11.9. The van der Waals surface area contributed by atoms with Crippen molar-refractivity contribution < 1.29 is 23.0 Å². The summed E-state index contributed by atoms with van der Waals surface area (Å²) in [4.78, 5) is 0. The average Bonchev–Trinajstić information content (AvgIpc) is 2.15. The predicted molar refractivity (Wildman–Crippen MR) is 51.6 cm³/mol. The molecule has 0 heterocycles. The SMILES string of the molecule is CCC(C)(CO)CCCOCC(F)(F)F. The van der Waals surface area contributed by atoms with Crippen molar-refractivity contribution in [2.45, 2.75) is 39.3 Å². The summed E-state index contributed by atoms with van der Waals surface area (Å²) in [7, 11) is 0. The zero-order valence-corrected chi connectivity index (χ0v) is 9.23. The van der Waals surface area contributed by atoms with E-state index in [1.54, 1.807) is 0 Å². The van der Waals surface area contributed by atoms with E-state index in [0.29, 0.717) is 12.8 Å². The van der Waals surface area contributed by atoms with Crippen LogP contribution < -0.4 is 0 Å². The second-order valence-electron chi connectivity index (χ2n) is 4.09. The lowest BCUT2D eigenvalue weighted by atomic mass is 9.84. The van der Waals surface area contributed by atoms with Gasteiger partial charge in [0.2, 0.25) is 0 Å². The fourth-order valence-electron chi connectivity index (χ4n) is 1.16. The highest BCUT2D eigenvalue weighted by molar-refractivity contribution is 4.70. The molecule has 0 bridgehead atoms. The van der Waals surface area contributed by atoms with Crippen LogP contribution in [0.1, 0.15) is 33.1 Å². The van der Waals surface area contributed by atoms with Gasteiger partial charge in [-0.15, -0.1) is 0 Å². The second-order valence-corrected chi connectivity index (χ2v) is 4.09. The number of rotatable bonds is 7. The van der Waals surface area contributed by atoms with Gasteiger partial charge in [-0.1, -0.05) is 13.8 Å². The topological polar surface area (TPSA) is 29.5 Å². The quantitative estimate of drug-likeness (QED) is 0.679. The van der Waals surface area contributed by atoms with Crippen molar-refractivity contribution in [3.8, 4) is 0 Å². The van der Waals surface area contributed by atoms with Crippen molar-refractivity contribution in [3.63, 3.8) is 0 Å². The third-order valence-electron chi connectivity index (χ3n) is 2.57. The molecule has 15 heavy (non-hydrogen) atoms. The van der Waals surface area contributed by atoms with Crippen molar-refractivity contribution in [2.24, 2.45) is 5.41 Å². The molecule has 92 valence electrons. The second kappa shape index (κ2) is 6.33. The third-order valence-corrected chi connectivity index (χ3v) is 2.57. The minimum atomic E-state index is -4.25. The Hall–Kier alpha value is -0.290. The molecule has 0 aromatic rings. The molecule has 0 fully saturated rings. The number of ether oxygens (including phenoxy) is 1. The molecule has 0 spiro atoms. The van der Waals surface area contributed by atoms with Crippen molar-refractivity contribution in [3.05, 3.63) is 0 Å². The molecule has 0 aliphatic heterocycles. The number of hydrogen-bond donors (Lipinski definition) is 1. The van der Waals surface area contributed by atoms with Gasteiger partial charge in [0.1, 0.15) is 6.61 Å². The van der Waals surface area contributed by atoms with E-state index < -0.39 is 12.8 Å². The van der Waals surface area contributed by atoms with Crippen LogP contribution in [0, 0.1) is 5.41 Å². The van der Waals surface area contributed by atoms with E-state index >= 15 is 0 Å². The van der Waals surface area contributed by atoms with E-state index in [0.717, 1.165) is 6.42 Å². The van der Waals surface area contributed by atoms with E-state index in [4.69, 9.17) is 5.11 Å². The Morgan fingerprint density at radius 2 is 1.87 bits per heavy atom. The smallest absolute Gasteiger partial charge is 0.396 e. The molecule has 0 saturated carbocycles. The standard InChI is InChI=1S/C10H19F3O2/c1-3-9(2,7-14)5-4-6-15-8-10(11,12)13/h14H,3-8H2,1-2H3. The Morgan fingerprint density at radius 1 is 1.27 bits per heavy atom. The summed E-state index contributed by atoms with van der Waals surface area (Å²) >= 11 is 0. The first-order chi connectivity index (χ1) is 6.83. The summed E-state index contributed by atoms with van der Waals surface area (Å²) in [6.45, 7) is 2.83. The molecule has 1 atom stereocenters. The van der Waals surface area contributed by atoms with E-state index in [-0.39, 0.29) is 18.6 Å². The zero-order valence-electron chi connectivity index (χ0n) is 9.23. The molecule has 0 rings (SSSR count). The van der Waals surface area contributed by atoms with Crippen LogP contribution in [0.3, 0.4) is 0 Å². The molecule has 1 unspecified atom stereocenters. The van der Waals surface area contributed by atoms with Gasteiger partial charge in [0.05, 0.1) is 0 Å². The maximum Gasteiger partial charge on any atom is 0.411 e. The number of hydrogen-bond acceptors (Lipinski definition) is 2. The third kappa shape index (κ3) is 7.62. The highest BCUT2D eigenvalue weighted by Crippen LogP contribution is 2.26. The summed E-state index contributed by atoms with van der Waals surface area (Å²) in [6, 6.07) is 0. The molecule has 0 amide bonds. The van der Waals surface area contributed by atoms with E-state index in [1.807, 2.05) is 13.8 Å². The van der Waals surface area contributed by atoms with Crippen LogP contribution in [0.4, 0.5) is 13.2 Å². The Bertz CT molecular complexity index is 165. The van der Waals surface area contributed by atoms with Crippen LogP contribution in [0.2, 0.25) is 0 Å². The Morgan fingerprint density at radius 3 is 2.27 bits per heavy atom. The molecule has 0 aromatic carbocycles. The first-order valence-electron chi connectivity index (χ1n) is 5.08. The van der Waals surface area contributed by atoms with Crippen LogP contribution in [0.25, 0.3) is 0 Å². The van der Waals surface area contributed by atoms with Crippen molar-refractivity contribution in [1.29, 1.82) is 0 Å². The summed E-state index contributed by atoms with van der Waals surface area (Å²) in [6.07, 6.45) is -2.22. The first-order valence-corrected chi connectivity index (χ1v) is 5.08. The van der Waals surface area contributed by atoms with Crippen LogP contribution in [0.15, 0.2) is 0 Å². The first kappa shape index (κ1) is 14.7. The lowest BCUT2D eigenvalue weighted by Gasteiger charge is -2.25. The summed E-state index contributed by atoms with van der Waals surface area (Å²) < 4.78 is 39.5. The Kier molecular flexibility index (Phi) is 6.20. The van der Waals surface area contributed by atoms with Crippen LogP contribution >= 0.6 is 0 Å². The van der Waals surface area contributed by atoms with E-state index in [9.17, 15) is 13.2 Å². The van der Waals surface area contributed by atoms with Crippen molar-refractivity contribution in [1.82, 2.24) is 0 Å². The van der Waals surface area contributed by atoms with Gasteiger partial charge in [-0.2, -0.15) is 13.2 Å². The maximum absolute atomic E-state index is 11.7. The molecular weight excluding hydrogens is 209 g/mol. The number of alkyl halides is 3. The van der Waals surface area contributed by atoms with Crippen LogP contribution in [0.5, 0.6) is 0 Å². The monoisotopic (exact) mass is 228 g/mol. The van der Waals surface area contributed by atoms with E-state index in [2.05, 4.69) is 4.74 Å². The fourth-order valence-corrected chi connectivity index (χ4v) is 1.16. The fraction of sp³-hybridized carbons (Fsp3) is 1.00. The lowest BCUT2D eigenvalue weighted by molar-refractivity contribution is -0.174. The molecule has 0 aliphatic carbocycles. The van der Waals surface area contributed by atoms with E-state index in [1.165, 1.54) is 0 Å². The van der Waals surface area contributed by atoms with Crippen molar-refractivity contribution >= 4 is 0 Å². The van der Waals surface area contributed by atoms with Gasteiger partial charge < -0.3 is 9.84 Å². The minimum absolute atomic E-state index is 0.0583. The molecule has 5 heteroatoms. The van der Waals surface area contributed by atoms with Gasteiger partial charge >= 0.3 is 6.18 Å². The Labute approximate surface area is 88.4 Å². The number of halogens is 3. The molecular formula is C10H19F3O2. The summed E-state index contributed by atoms with van der Waals surface area (Å²) in [5, 5.41) is 9.05. The highest BCUT2D eigenvalue weighted by atomic mass is 19.4. The van der Waals surface area contributed by atoms with Crippen LogP contribution in [-0.4, -0.2) is 31.1 Å². The van der Waals surface area contributed by atoms with Gasteiger partial charge in [-0.05, 0) is 24.7 Å². The van der Waals surface area contributed by atoms with Gasteiger partial charge in [0, 0.05) is 13.2 Å². The molecule has 2 nitrogen and oxygen atoms in total. The summed E-state index contributed by atoms with van der Waals surface area (Å²) in [5.41, 5.74) is -0.193. The highest BCUT2D eigenvalue weighted by Gasteiger charge is 2.27. The van der Waals surface area contributed by atoms with Crippen molar-refractivity contribution in [2.75, 3.05) is 19.8 Å². The maximum atomic E-state index is 11.7. The van der Waals surface area contributed by atoms with Gasteiger partial charge in [-0.25, -0.2) is 0 Å². The van der Waals surface area contributed by atoms with Gasteiger partial charge in [0.15, 0.2) is 0 Å². The average molecular weight is 228 g/mol. The largest absolute Gasteiger partial charge is 0.411 e. The summed E-state index contributed by atoms with van der Waals surface area (Å²) in [5.74, 6) is 0. The van der Waals surface area contributed by atoms with Crippen LogP contribution in [-0.2, 0) is 4.74 Å². The van der Waals surface area contributed by atoms with Gasteiger partial charge in [-0.3, -0.25) is 0 Å². The molecule has 0 aliphatic rings. The number of aliphatic hydroxyl groups excluding tert-OH is 1. The Balaban J connectivity index is 3.54. The van der Waals surface area contributed by atoms with Gasteiger partial charge in [0.25, 0.3) is 0 Å². The molecule has 0 radical (unpaired) electrons. The molecule has 1 N–H and O–H groups in total. The minimum Gasteiger partial charge on any atom is -0.396 e. The molecule has 0 aromatic heterocycles.